The van der Waals surface area contributed by atoms with E-state index in [1.807, 2.05) is 20.8 Å². The second-order valence-corrected chi connectivity index (χ2v) is 8.24. The molecule has 2 aliphatic rings. The molecule has 4 unspecified atom stereocenters. The molecule has 0 aromatic heterocycles. The van der Waals surface area contributed by atoms with E-state index in [1.54, 1.807) is 18.2 Å². The lowest BCUT2D eigenvalue weighted by molar-refractivity contribution is -0.152. The molecule has 0 spiro atoms. The lowest BCUT2D eigenvalue weighted by Crippen LogP contribution is -2.56. The van der Waals surface area contributed by atoms with Gasteiger partial charge in [-0.1, -0.05) is 45.4 Å². The van der Waals surface area contributed by atoms with Gasteiger partial charge in [0.1, 0.15) is 11.3 Å². The van der Waals surface area contributed by atoms with Crippen LogP contribution in [0.5, 0.6) is 5.75 Å². The minimum absolute atomic E-state index is 0.0000332. The number of hydrogen-bond acceptors (Lipinski definition) is 5. The molecular weight excluding hydrogens is 360 g/mol. The third-order valence-electron chi connectivity index (χ3n) is 5.86. The lowest BCUT2D eigenvalue weighted by atomic mass is 9.75. The molecule has 0 bridgehead atoms. The van der Waals surface area contributed by atoms with Crippen molar-refractivity contribution < 1.29 is 24.6 Å². The number of aliphatic carboxylic acids is 1. The molecule has 1 aromatic rings. The number of imide groups is 1. The Hall–Kier alpha value is -2.41. The number of phenols is 1. The van der Waals surface area contributed by atoms with Crippen molar-refractivity contribution in [3.8, 4) is 5.75 Å². The van der Waals surface area contributed by atoms with Gasteiger partial charge in [0.15, 0.2) is 0 Å². The summed E-state index contributed by atoms with van der Waals surface area (Å²) in [6.45, 7) is 6.06. The first-order chi connectivity index (χ1) is 13.2. The van der Waals surface area contributed by atoms with Crippen LogP contribution in [-0.2, 0) is 14.4 Å². The summed E-state index contributed by atoms with van der Waals surface area (Å²) < 4.78 is 0. The molecule has 2 saturated heterocycles. The zero-order chi connectivity index (χ0) is 20.6. The minimum atomic E-state index is -1.54. The van der Waals surface area contributed by atoms with E-state index in [4.69, 9.17) is 0 Å². The molecule has 2 amide bonds. The molecular formula is C21H28N2O5. The van der Waals surface area contributed by atoms with Crippen LogP contribution in [0.1, 0.15) is 51.6 Å². The molecule has 152 valence electrons. The van der Waals surface area contributed by atoms with Gasteiger partial charge in [-0.3, -0.25) is 24.6 Å². The molecule has 2 heterocycles. The Bertz CT molecular complexity index is 793. The fraction of sp³-hybridized carbons (Fsp3) is 0.571. The zero-order valence-electron chi connectivity index (χ0n) is 16.5. The second kappa shape index (κ2) is 7.54. The van der Waals surface area contributed by atoms with Crippen molar-refractivity contribution in [1.29, 1.82) is 0 Å². The fourth-order valence-corrected chi connectivity index (χ4v) is 4.73. The smallest absolute Gasteiger partial charge is 0.324 e. The molecule has 0 radical (unpaired) electrons. The molecule has 7 heteroatoms. The van der Waals surface area contributed by atoms with Crippen LogP contribution < -0.4 is 5.32 Å². The van der Waals surface area contributed by atoms with Gasteiger partial charge in [-0.05, 0) is 24.8 Å². The van der Waals surface area contributed by atoms with Gasteiger partial charge in [-0.25, -0.2) is 0 Å². The van der Waals surface area contributed by atoms with Crippen LogP contribution in [0.4, 0.5) is 0 Å². The summed E-state index contributed by atoms with van der Waals surface area (Å²) in [5.74, 6) is -3.74. The van der Waals surface area contributed by atoms with E-state index in [-0.39, 0.29) is 24.0 Å². The number of para-hydroxylation sites is 1. The van der Waals surface area contributed by atoms with E-state index < -0.39 is 35.3 Å². The molecule has 3 N–H and O–H groups in total. The number of aromatic hydroxyl groups is 1. The van der Waals surface area contributed by atoms with Crippen LogP contribution in [0.15, 0.2) is 24.3 Å². The average molecular weight is 388 g/mol. The number of carboxylic acids is 1. The molecule has 2 aliphatic heterocycles. The van der Waals surface area contributed by atoms with Crippen molar-refractivity contribution in [2.45, 2.75) is 51.6 Å². The van der Waals surface area contributed by atoms with Crippen molar-refractivity contribution in [2.75, 3.05) is 6.54 Å². The fourth-order valence-electron chi connectivity index (χ4n) is 4.73. The molecule has 0 aliphatic carbocycles. The number of rotatable bonds is 7. The first-order valence-electron chi connectivity index (χ1n) is 9.88. The number of amides is 2. The topological polar surface area (TPSA) is 107 Å². The minimum Gasteiger partial charge on any atom is -0.508 e. The summed E-state index contributed by atoms with van der Waals surface area (Å²) in [7, 11) is 0. The monoisotopic (exact) mass is 388 g/mol. The van der Waals surface area contributed by atoms with E-state index in [2.05, 4.69) is 5.32 Å². The number of carbonyl (C=O) groups excluding carboxylic acids is 2. The highest BCUT2D eigenvalue weighted by atomic mass is 16.4. The summed E-state index contributed by atoms with van der Waals surface area (Å²) in [5, 5.41) is 23.6. The molecule has 3 rings (SSSR count). The van der Waals surface area contributed by atoms with Crippen molar-refractivity contribution in [3.05, 3.63) is 29.8 Å². The Balaban J connectivity index is 2.12. The Morgan fingerprint density at radius 3 is 2.50 bits per heavy atom. The number of benzene rings is 1. The molecule has 0 saturated carbocycles. The third-order valence-corrected chi connectivity index (χ3v) is 5.86. The average Bonchev–Trinajstić information content (AvgIpc) is 3.09. The van der Waals surface area contributed by atoms with Crippen LogP contribution in [0, 0.1) is 17.8 Å². The number of nitrogens with one attached hydrogen (secondary N) is 1. The molecule has 1 aromatic carbocycles. The van der Waals surface area contributed by atoms with Gasteiger partial charge in [0.25, 0.3) is 0 Å². The van der Waals surface area contributed by atoms with Gasteiger partial charge in [0.05, 0.1) is 11.8 Å². The van der Waals surface area contributed by atoms with E-state index in [0.717, 1.165) is 6.42 Å². The van der Waals surface area contributed by atoms with Crippen LogP contribution in [0.3, 0.4) is 0 Å². The highest BCUT2D eigenvalue weighted by molar-refractivity contribution is 6.09. The first kappa shape index (κ1) is 20.3. The number of carboxylic acid groups (broad SMARTS) is 1. The molecule has 2 fully saturated rings. The quantitative estimate of drug-likeness (QED) is 0.619. The standard InChI is InChI=1S/C21H28N2O5/c1-4-5-10-23-18(25)15-16(19(23)26)21(20(27)28,11-12(2)3)22-17(15)13-8-6-7-9-14(13)24/h6-9,12,15-17,22,24H,4-5,10-11H2,1-3H3,(H,27,28). The van der Waals surface area contributed by atoms with Crippen LogP contribution in [-0.4, -0.2) is 45.0 Å². The van der Waals surface area contributed by atoms with Crippen LogP contribution in [0.25, 0.3) is 0 Å². The Labute approximate surface area is 164 Å². The van der Waals surface area contributed by atoms with Gasteiger partial charge in [0, 0.05) is 18.2 Å². The third kappa shape index (κ3) is 3.07. The van der Waals surface area contributed by atoms with E-state index in [0.29, 0.717) is 18.5 Å². The number of fused-ring (bicyclic) bond motifs is 1. The number of phenolic OH excluding ortho intramolecular Hbond substituents is 1. The van der Waals surface area contributed by atoms with Crippen LogP contribution in [0.2, 0.25) is 0 Å². The predicted octanol–water partition coefficient (Wildman–Crippen LogP) is 2.31. The van der Waals surface area contributed by atoms with E-state index in [9.17, 15) is 24.6 Å². The summed E-state index contributed by atoms with van der Waals surface area (Å²) in [6.07, 6.45) is 1.72. The second-order valence-electron chi connectivity index (χ2n) is 8.24. The van der Waals surface area contributed by atoms with Gasteiger partial charge >= 0.3 is 5.97 Å². The summed E-state index contributed by atoms with van der Waals surface area (Å²) in [4.78, 5) is 40.0. The van der Waals surface area contributed by atoms with Crippen molar-refractivity contribution in [2.24, 2.45) is 17.8 Å². The van der Waals surface area contributed by atoms with E-state index in [1.165, 1.54) is 11.0 Å². The van der Waals surface area contributed by atoms with Gasteiger partial charge < -0.3 is 10.2 Å². The number of hydrogen-bond donors (Lipinski definition) is 3. The summed E-state index contributed by atoms with van der Waals surface area (Å²) >= 11 is 0. The molecule has 7 nitrogen and oxygen atoms in total. The maximum atomic E-state index is 13.2. The summed E-state index contributed by atoms with van der Waals surface area (Å²) in [5.41, 5.74) is -1.10. The van der Waals surface area contributed by atoms with Crippen LogP contribution >= 0.6 is 0 Å². The maximum absolute atomic E-state index is 13.2. The highest BCUT2D eigenvalue weighted by Gasteiger charge is 2.68. The zero-order valence-corrected chi connectivity index (χ0v) is 16.5. The maximum Gasteiger partial charge on any atom is 0.324 e. The van der Waals surface area contributed by atoms with Crippen molar-refractivity contribution in [1.82, 2.24) is 10.2 Å². The number of likely N-dealkylation sites (tertiary alicyclic amines) is 1. The van der Waals surface area contributed by atoms with Crippen molar-refractivity contribution in [3.63, 3.8) is 0 Å². The number of unbranched alkanes of at least 4 members (excludes halogenated alkanes) is 1. The molecule has 28 heavy (non-hydrogen) atoms. The largest absolute Gasteiger partial charge is 0.508 e. The number of carbonyl (C=O) groups is 3. The van der Waals surface area contributed by atoms with Crippen molar-refractivity contribution >= 4 is 17.8 Å². The van der Waals surface area contributed by atoms with Gasteiger partial charge in [0.2, 0.25) is 11.8 Å². The number of nitrogens with zero attached hydrogens (tertiary/aromatic N) is 1. The Kier molecular flexibility index (Phi) is 5.48. The summed E-state index contributed by atoms with van der Waals surface area (Å²) in [6, 6.07) is 5.84. The molecule has 4 atom stereocenters. The lowest BCUT2D eigenvalue weighted by Gasteiger charge is -2.32. The SMILES string of the molecule is CCCCN1C(=O)C2C(c3ccccc3O)NC(CC(C)C)(C(=O)O)C2C1=O. The highest BCUT2D eigenvalue weighted by Crippen LogP contribution is 2.52. The van der Waals surface area contributed by atoms with Gasteiger partial charge in [-0.15, -0.1) is 0 Å². The van der Waals surface area contributed by atoms with E-state index >= 15 is 0 Å². The predicted molar refractivity (Wildman–Crippen MR) is 102 cm³/mol. The Morgan fingerprint density at radius 1 is 1.25 bits per heavy atom. The Morgan fingerprint density at radius 2 is 1.93 bits per heavy atom. The first-order valence-corrected chi connectivity index (χ1v) is 9.88. The normalized spacial score (nSPS) is 29.6. The van der Waals surface area contributed by atoms with Gasteiger partial charge in [-0.2, -0.15) is 0 Å².